The molecule has 0 bridgehead atoms. The Bertz CT molecular complexity index is 645. The predicted molar refractivity (Wildman–Crippen MR) is 97.3 cm³/mol. The lowest BCUT2D eigenvalue weighted by Crippen LogP contribution is -2.27. The molecule has 1 heterocycles. The van der Waals surface area contributed by atoms with E-state index in [1.165, 1.54) is 43.2 Å². The molecule has 1 saturated carbocycles. The first-order chi connectivity index (χ1) is 11.7. The van der Waals surface area contributed by atoms with E-state index in [0.717, 1.165) is 5.56 Å². The summed E-state index contributed by atoms with van der Waals surface area (Å²) in [6, 6.07) is 12.2. The van der Waals surface area contributed by atoms with Crippen molar-refractivity contribution in [3.8, 4) is 0 Å². The van der Waals surface area contributed by atoms with Gasteiger partial charge in [0.2, 0.25) is 0 Å². The number of pyridine rings is 1. The molecule has 24 heavy (non-hydrogen) atoms. The van der Waals surface area contributed by atoms with Crippen LogP contribution < -0.4 is 5.32 Å². The number of nitrogens with one attached hydrogen (secondary N) is 1. The van der Waals surface area contributed by atoms with Crippen LogP contribution in [0.25, 0.3) is 0 Å². The van der Waals surface area contributed by atoms with Gasteiger partial charge in [0.1, 0.15) is 0 Å². The Kier molecular flexibility index (Phi) is 5.63. The molecule has 0 spiro atoms. The van der Waals surface area contributed by atoms with E-state index in [-0.39, 0.29) is 11.8 Å². The molecule has 1 atom stereocenters. The summed E-state index contributed by atoms with van der Waals surface area (Å²) < 4.78 is 0. The smallest absolute Gasteiger partial charge is 0.251 e. The molecule has 1 fully saturated rings. The number of rotatable bonds is 5. The van der Waals surface area contributed by atoms with Crippen molar-refractivity contribution in [1.29, 1.82) is 0 Å². The Hall–Kier alpha value is -2.16. The fourth-order valence-corrected chi connectivity index (χ4v) is 3.50. The lowest BCUT2D eigenvalue weighted by Gasteiger charge is -2.22. The maximum atomic E-state index is 12.3. The average molecular weight is 322 g/mol. The summed E-state index contributed by atoms with van der Waals surface area (Å²) in [5.41, 5.74) is 3.32. The Morgan fingerprint density at radius 1 is 1.08 bits per heavy atom. The lowest BCUT2D eigenvalue weighted by atomic mass is 9.84. The molecular formula is C21H26N2O. The molecule has 0 aliphatic heterocycles. The third-order valence-corrected chi connectivity index (χ3v) is 5.09. The van der Waals surface area contributed by atoms with Crippen molar-refractivity contribution in [2.75, 3.05) is 6.54 Å². The van der Waals surface area contributed by atoms with Crippen molar-refractivity contribution in [2.24, 2.45) is 0 Å². The summed E-state index contributed by atoms with van der Waals surface area (Å²) in [7, 11) is 0. The third-order valence-electron chi connectivity index (χ3n) is 5.09. The van der Waals surface area contributed by atoms with E-state index in [1.807, 2.05) is 24.3 Å². The summed E-state index contributed by atoms with van der Waals surface area (Å²) >= 11 is 0. The van der Waals surface area contributed by atoms with Crippen LogP contribution in [-0.4, -0.2) is 17.4 Å². The second kappa shape index (κ2) is 8.09. The van der Waals surface area contributed by atoms with Crippen molar-refractivity contribution in [1.82, 2.24) is 10.3 Å². The second-order valence-corrected chi connectivity index (χ2v) is 6.85. The van der Waals surface area contributed by atoms with Gasteiger partial charge in [-0.25, -0.2) is 0 Å². The van der Waals surface area contributed by atoms with Crippen LogP contribution in [0, 0.1) is 0 Å². The van der Waals surface area contributed by atoms with E-state index in [0.29, 0.717) is 12.5 Å². The van der Waals surface area contributed by atoms with Gasteiger partial charge in [0, 0.05) is 24.5 Å². The van der Waals surface area contributed by atoms with Crippen molar-refractivity contribution >= 4 is 5.91 Å². The number of nitrogens with zero attached hydrogens (tertiary/aromatic N) is 1. The van der Waals surface area contributed by atoms with Crippen LogP contribution in [0.1, 0.15) is 72.3 Å². The van der Waals surface area contributed by atoms with Gasteiger partial charge in [-0.15, -0.1) is 0 Å². The van der Waals surface area contributed by atoms with Gasteiger partial charge in [-0.1, -0.05) is 38.3 Å². The zero-order valence-corrected chi connectivity index (χ0v) is 14.4. The zero-order chi connectivity index (χ0) is 16.8. The molecule has 1 N–H and O–H groups in total. The number of carbonyl (C=O) groups is 1. The van der Waals surface area contributed by atoms with Crippen LogP contribution in [0.5, 0.6) is 0 Å². The second-order valence-electron chi connectivity index (χ2n) is 6.85. The number of hydrogen-bond donors (Lipinski definition) is 1. The van der Waals surface area contributed by atoms with Crippen LogP contribution in [-0.2, 0) is 0 Å². The number of carbonyl (C=O) groups excluding carboxylic acids is 1. The molecule has 0 unspecified atom stereocenters. The maximum Gasteiger partial charge on any atom is 0.251 e. The highest BCUT2D eigenvalue weighted by Gasteiger charge is 2.16. The zero-order valence-electron chi connectivity index (χ0n) is 14.4. The van der Waals surface area contributed by atoms with Crippen LogP contribution in [0.4, 0.5) is 0 Å². The summed E-state index contributed by atoms with van der Waals surface area (Å²) in [6.45, 7) is 2.75. The van der Waals surface area contributed by atoms with E-state index in [1.54, 1.807) is 12.4 Å². The van der Waals surface area contributed by atoms with Gasteiger partial charge in [-0.3, -0.25) is 9.78 Å². The predicted octanol–water partition coefficient (Wildman–Crippen LogP) is 4.66. The molecule has 1 aliphatic rings. The Morgan fingerprint density at radius 2 is 1.75 bits per heavy atom. The minimum absolute atomic E-state index is 0.00565. The summed E-state index contributed by atoms with van der Waals surface area (Å²) in [5, 5.41) is 3.04. The first-order valence-corrected chi connectivity index (χ1v) is 9.02. The van der Waals surface area contributed by atoms with Crippen LogP contribution >= 0.6 is 0 Å². The number of benzene rings is 1. The van der Waals surface area contributed by atoms with Gasteiger partial charge in [0.25, 0.3) is 5.91 Å². The number of hydrogen-bond acceptors (Lipinski definition) is 2. The first-order valence-electron chi connectivity index (χ1n) is 9.02. The fourth-order valence-electron chi connectivity index (χ4n) is 3.50. The quantitative estimate of drug-likeness (QED) is 0.869. The molecular weight excluding hydrogens is 296 g/mol. The number of aromatic nitrogens is 1. The molecule has 3 heteroatoms. The Morgan fingerprint density at radius 3 is 2.42 bits per heavy atom. The molecule has 1 aromatic heterocycles. The highest BCUT2D eigenvalue weighted by Crippen LogP contribution is 2.32. The van der Waals surface area contributed by atoms with Gasteiger partial charge < -0.3 is 5.32 Å². The highest BCUT2D eigenvalue weighted by atomic mass is 16.1. The highest BCUT2D eigenvalue weighted by molar-refractivity contribution is 5.94. The van der Waals surface area contributed by atoms with Crippen molar-refractivity contribution in [3.63, 3.8) is 0 Å². The van der Waals surface area contributed by atoms with Gasteiger partial charge in [-0.05, 0) is 60.1 Å². The number of amides is 1. The van der Waals surface area contributed by atoms with Crippen molar-refractivity contribution < 1.29 is 4.79 Å². The topological polar surface area (TPSA) is 42.0 Å². The molecule has 2 aromatic rings. The van der Waals surface area contributed by atoms with Crippen molar-refractivity contribution in [2.45, 2.75) is 50.9 Å². The minimum Gasteiger partial charge on any atom is -0.351 e. The fraction of sp³-hybridized carbons (Fsp3) is 0.429. The van der Waals surface area contributed by atoms with Crippen molar-refractivity contribution in [3.05, 3.63) is 65.5 Å². The SMILES string of the molecule is C[C@H](CNC(=O)c1ccc(C2CCCCC2)cc1)c1ccncc1. The average Bonchev–Trinajstić information content (AvgIpc) is 2.67. The van der Waals surface area contributed by atoms with Crippen LogP contribution in [0.15, 0.2) is 48.8 Å². The lowest BCUT2D eigenvalue weighted by molar-refractivity contribution is 0.0951. The van der Waals surface area contributed by atoms with E-state index in [4.69, 9.17) is 0 Å². The van der Waals surface area contributed by atoms with E-state index < -0.39 is 0 Å². The van der Waals surface area contributed by atoms with Crippen LogP contribution in [0.2, 0.25) is 0 Å². The summed E-state index contributed by atoms with van der Waals surface area (Å²) in [4.78, 5) is 16.4. The third kappa shape index (κ3) is 4.22. The van der Waals surface area contributed by atoms with E-state index >= 15 is 0 Å². The van der Waals surface area contributed by atoms with E-state index in [2.05, 4.69) is 29.4 Å². The molecule has 126 valence electrons. The van der Waals surface area contributed by atoms with Gasteiger partial charge in [0.15, 0.2) is 0 Å². The Labute approximate surface area is 144 Å². The molecule has 3 nitrogen and oxygen atoms in total. The molecule has 1 aromatic carbocycles. The molecule has 0 radical (unpaired) electrons. The van der Waals surface area contributed by atoms with Crippen LogP contribution in [0.3, 0.4) is 0 Å². The molecule has 3 rings (SSSR count). The normalized spacial score (nSPS) is 16.5. The molecule has 1 aliphatic carbocycles. The minimum atomic E-state index is 0.00565. The van der Waals surface area contributed by atoms with Gasteiger partial charge >= 0.3 is 0 Å². The summed E-state index contributed by atoms with van der Waals surface area (Å²) in [6.07, 6.45) is 10.2. The Balaban J connectivity index is 1.55. The first kappa shape index (κ1) is 16.7. The maximum absolute atomic E-state index is 12.3. The van der Waals surface area contributed by atoms with Gasteiger partial charge in [0.05, 0.1) is 0 Å². The standard InChI is InChI=1S/C21H26N2O/c1-16(17-11-13-22-14-12-17)15-23-21(24)20-9-7-19(8-10-20)18-5-3-2-4-6-18/h7-14,16,18H,2-6,15H2,1H3,(H,23,24)/t16-/m1/s1. The largest absolute Gasteiger partial charge is 0.351 e. The molecule has 0 saturated heterocycles. The van der Waals surface area contributed by atoms with E-state index in [9.17, 15) is 4.79 Å². The van der Waals surface area contributed by atoms with Gasteiger partial charge in [-0.2, -0.15) is 0 Å². The molecule has 1 amide bonds. The monoisotopic (exact) mass is 322 g/mol. The summed E-state index contributed by atoms with van der Waals surface area (Å²) in [5.74, 6) is 0.965.